The first kappa shape index (κ1) is 14.9. The summed E-state index contributed by atoms with van der Waals surface area (Å²) >= 11 is 6.05. The van der Waals surface area contributed by atoms with Gasteiger partial charge in [0, 0.05) is 24.0 Å². The number of halogens is 1. The van der Waals surface area contributed by atoms with Crippen molar-refractivity contribution >= 4 is 17.5 Å². The number of hydrogen-bond donors (Lipinski definition) is 1. The molecule has 0 bridgehead atoms. The lowest BCUT2D eigenvalue weighted by molar-refractivity contribution is -0.129. The summed E-state index contributed by atoms with van der Waals surface area (Å²) < 4.78 is 0. The Bertz CT molecular complexity index is 679. The molecule has 1 aromatic carbocycles. The summed E-state index contributed by atoms with van der Waals surface area (Å²) in [7, 11) is 0. The minimum absolute atomic E-state index is 0.382. The topological polar surface area (TPSA) is 72.1 Å². The third-order valence-corrected chi connectivity index (χ3v) is 4.40. The highest BCUT2D eigenvalue weighted by atomic mass is 35.5. The van der Waals surface area contributed by atoms with Crippen LogP contribution < -0.4 is 5.73 Å². The Hall–Kier alpha value is -1.98. The van der Waals surface area contributed by atoms with E-state index in [-0.39, 0.29) is 5.91 Å². The minimum Gasteiger partial charge on any atom is -0.368 e. The molecule has 2 heterocycles. The van der Waals surface area contributed by atoms with Gasteiger partial charge in [-0.05, 0) is 37.1 Å². The zero-order valence-corrected chi connectivity index (χ0v) is 12.8. The van der Waals surface area contributed by atoms with Gasteiger partial charge < -0.3 is 5.73 Å². The molecule has 2 aromatic rings. The molecule has 0 radical (unpaired) electrons. The lowest BCUT2D eigenvalue weighted by Gasteiger charge is -2.35. The van der Waals surface area contributed by atoms with Crippen LogP contribution in [0.4, 0.5) is 0 Å². The third-order valence-electron chi connectivity index (χ3n) is 4.16. The van der Waals surface area contributed by atoms with E-state index in [1.54, 1.807) is 18.6 Å². The largest absolute Gasteiger partial charge is 0.368 e. The number of carbonyl (C=O) groups is 1. The molecule has 1 saturated heterocycles. The Morgan fingerprint density at radius 1 is 1.41 bits per heavy atom. The number of nitrogens with zero attached hydrogens (tertiary/aromatic N) is 3. The number of primary amides is 1. The van der Waals surface area contributed by atoms with Crippen LogP contribution in [0.3, 0.4) is 0 Å². The van der Waals surface area contributed by atoms with Crippen molar-refractivity contribution in [2.45, 2.75) is 24.9 Å². The van der Waals surface area contributed by atoms with Crippen molar-refractivity contribution < 1.29 is 4.79 Å². The second kappa shape index (κ2) is 6.02. The highest BCUT2D eigenvalue weighted by Gasteiger charge is 2.48. The van der Waals surface area contributed by atoms with Crippen molar-refractivity contribution in [2.75, 3.05) is 6.54 Å². The van der Waals surface area contributed by atoms with Gasteiger partial charge in [-0.15, -0.1) is 0 Å². The van der Waals surface area contributed by atoms with E-state index in [1.165, 1.54) is 0 Å². The molecule has 114 valence electrons. The highest BCUT2D eigenvalue weighted by molar-refractivity contribution is 6.30. The number of hydrogen-bond acceptors (Lipinski definition) is 4. The molecule has 1 aliphatic rings. The van der Waals surface area contributed by atoms with E-state index in [1.807, 2.05) is 24.3 Å². The summed E-state index contributed by atoms with van der Waals surface area (Å²) in [6.07, 6.45) is 6.35. The Morgan fingerprint density at radius 2 is 2.27 bits per heavy atom. The number of aromatic nitrogens is 2. The number of amides is 1. The Balaban J connectivity index is 1.97. The van der Waals surface area contributed by atoms with Gasteiger partial charge in [0.1, 0.15) is 5.54 Å². The molecular weight excluding hydrogens is 300 g/mol. The minimum atomic E-state index is -0.892. The molecule has 5 nitrogen and oxygen atoms in total. The van der Waals surface area contributed by atoms with E-state index in [4.69, 9.17) is 17.3 Å². The van der Waals surface area contributed by atoms with Crippen molar-refractivity contribution in [1.82, 2.24) is 14.9 Å². The average Bonchev–Trinajstić information content (AvgIpc) is 2.93. The molecule has 0 saturated carbocycles. The van der Waals surface area contributed by atoms with Crippen LogP contribution in [-0.2, 0) is 16.9 Å². The second-order valence-electron chi connectivity index (χ2n) is 5.47. The molecule has 22 heavy (non-hydrogen) atoms. The van der Waals surface area contributed by atoms with Crippen molar-refractivity contribution in [3.63, 3.8) is 0 Å². The maximum absolute atomic E-state index is 12.3. The zero-order chi connectivity index (χ0) is 15.6. The Kier molecular flexibility index (Phi) is 4.09. The predicted octanol–water partition coefficient (Wildman–Crippen LogP) is 2.11. The summed E-state index contributed by atoms with van der Waals surface area (Å²) in [4.78, 5) is 22.8. The lowest BCUT2D eigenvalue weighted by Crippen LogP contribution is -2.51. The summed E-state index contributed by atoms with van der Waals surface area (Å²) in [5.74, 6) is -0.382. The molecule has 0 spiro atoms. The smallest absolute Gasteiger partial charge is 0.244 e. The SMILES string of the molecule is NC(=O)[C@]1(c2cnccn2)CCCN1Cc1cccc(Cl)c1. The first-order chi connectivity index (χ1) is 10.6. The van der Waals surface area contributed by atoms with E-state index in [2.05, 4.69) is 14.9 Å². The van der Waals surface area contributed by atoms with Crippen molar-refractivity contribution in [2.24, 2.45) is 5.73 Å². The van der Waals surface area contributed by atoms with Crippen LogP contribution in [0, 0.1) is 0 Å². The Labute approximate surface area is 134 Å². The normalized spacial score (nSPS) is 21.9. The molecule has 0 aliphatic carbocycles. The molecular formula is C16H17ClN4O. The van der Waals surface area contributed by atoms with Gasteiger partial charge in [-0.3, -0.25) is 19.7 Å². The third kappa shape index (κ3) is 2.58. The number of carbonyl (C=O) groups excluding carboxylic acids is 1. The van der Waals surface area contributed by atoms with E-state index >= 15 is 0 Å². The summed E-state index contributed by atoms with van der Waals surface area (Å²) in [5.41, 5.74) is 6.53. The van der Waals surface area contributed by atoms with Gasteiger partial charge in [-0.1, -0.05) is 23.7 Å². The summed E-state index contributed by atoms with van der Waals surface area (Å²) in [5, 5.41) is 0.681. The fourth-order valence-electron chi connectivity index (χ4n) is 3.15. The monoisotopic (exact) mass is 316 g/mol. The van der Waals surface area contributed by atoms with Gasteiger partial charge >= 0.3 is 0 Å². The van der Waals surface area contributed by atoms with Gasteiger partial charge in [0.15, 0.2) is 0 Å². The van der Waals surface area contributed by atoms with Gasteiger partial charge in [-0.25, -0.2) is 0 Å². The van der Waals surface area contributed by atoms with Crippen LogP contribution in [0.1, 0.15) is 24.1 Å². The van der Waals surface area contributed by atoms with Crippen LogP contribution in [0.2, 0.25) is 5.02 Å². The van der Waals surface area contributed by atoms with Gasteiger partial charge in [0.25, 0.3) is 0 Å². The van der Waals surface area contributed by atoms with Crippen LogP contribution >= 0.6 is 11.6 Å². The van der Waals surface area contributed by atoms with E-state index in [0.29, 0.717) is 23.7 Å². The van der Waals surface area contributed by atoms with Gasteiger partial charge in [-0.2, -0.15) is 0 Å². The molecule has 6 heteroatoms. The van der Waals surface area contributed by atoms with Crippen molar-refractivity contribution in [1.29, 1.82) is 0 Å². The summed E-state index contributed by atoms with van der Waals surface area (Å²) in [6.45, 7) is 1.38. The first-order valence-electron chi connectivity index (χ1n) is 7.19. The highest BCUT2D eigenvalue weighted by Crippen LogP contribution is 2.38. The van der Waals surface area contributed by atoms with Crippen LogP contribution in [0.5, 0.6) is 0 Å². The number of benzene rings is 1. The predicted molar refractivity (Wildman–Crippen MR) is 84.0 cm³/mol. The fraction of sp³-hybridized carbons (Fsp3) is 0.312. The van der Waals surface area contributed by atoms with Crippen molar-refractivity contribution in [3.05, 3.63) is 59.1 Å². The zero-order valence-electron chi connectivity index (χ0n) is 12.1. The molecule has 2 N–H and O–H groups in total. The average molecular weight is 317 g/mol. The fourth-order valence-corrected chi connectivity index (χ4v) is 3.37. The lowest BCUT2D eigenvalue weighted by atomic mass is 9.91. The van der Waals surface area contributed by atoms with Crippen molar-refractivity contribution in [3.8, 4) is 0 Å². The van der Waals surface area contributed by atoms with Crippen LogP contribution in [0.15, 0.2) is 42.9 Å². The first-order valence-corrected chi connectivity index (χ1v) is 7.56. The standard InChI is InChI=1S/C16H17ClN4O/c17-13-4-1-3-12(9-13)11-21-8-2-5-16(21,15(18)22)14-10-19-6-7-20-14/h1,3-4,6-7,9-10H,2,5,8,11H2,(H2,18,22)/t16-/m1/s1. The molecule has 1 amide bonds. The maximum atomic E-state index is 12.3. The van der Waals surface area contributed by atoms with Gasteiger partial charge in [0.2, 0.25) is 5.91 Å². The molecule has 1 atom stereocenters. The van der Waals surface area contributed by atoms with Crippen LogP contribution in [0.25, 0.3) is 0 Å². The van der Waals surface area contributed by atoms with E-state index < -0.39 is 5.54 Å². The van der Waals surface area contributed by atoms with Crippen LogP contribution in [-0.4, -0.2) is 27.3 Å². The number of rotatable bonds is 4. The molecule has 0 unspecified atom stereocenters. The van der Waals surface area contributed by atoms with E-state index in [0.717, 1.165) is 18.5 Å². The number of nitrogens with two attached hydrogens (primary N) is 1. The molecule has 1 aliphatic heterocycles. The van der Waals surface area contributed by atoms with E-state index in [9.17, 15) is 4.79 Å². The Morgan fingerprint density at radius 3 is 2.95 bits per heavy atom. The molecule has 3 rings (SSSR count). The number of likely N-dealkylation sites (tertiary alicyclic amines) is 1. The second-order valence-corrected chi connectivity index (χ2v) is 5.91. The summed E-state index contributed by atoms with van der Waals surface area (Å²) in [6, 6.07) is 7.63. The maximum Gasteiger partial charge on any atom is 0.244 e. The van der Waals surface area contributed by atoms with Gasteiger partial charge in [0.05, 0.1) is 11.9 Å². The quantitative estimate of drug-likeness (QED) is 0.937. The molecule has 1 fully saturated rings. The molecule has 1 aromatic heterocycles.